The van der Waals surface area contributed by atoms with Gasteiger partial charge in [0, 0.05) is 6.08 Å². The number of aliphatic hydroxyl groups is 2. The highest BCUT2D eigenvalue weighted by atomic mass is 16.3. The lowest BCUT2D eigenvalue weighted by Crippen LogP contribution is -2.03. The molecule has 0 bridgehead atoms. The molecule has 0 aliphatic heterocycles. The van der Waals surface area contributed by atoms with Gasteiger partial charge in [0.2, 0.25) is 0 Å². The Morgan fingerprint density at radius 1 is 1.26 bits per heavy atom. The molecule has 0 spiro atoms. The molecule has 0 amide bonds. The number of nitroso groups, excluding NO2 is 1. The van der Waals surface area contributed by atoms with Crippen molar-refractivity contribution in [3.05, 3.63) is 76.1 Å². The van der Waals surface area contributed by atoms with Crippen LogP contribution in [0.5, 0.6) is 0 Å². The van der Waals surface area contributed by atoms with Crippen LogP contribution in [0.1, 0.15) is 12.8 Å². The summed E-state index contributed by atoms with van der Waals surface area (Å²) in [5.74, 6) is 0.0501. The van der Waals surface area contributed by atoms with E-state index < -0.39 is 6.10 Å². The Kier molecular flexibility index (Phi) is 4.26. The van der Waals surface area contributed by atoms with Gasteiger partial charge in [0.25, 0.3) is 0 Å². The summed E-state index contributed by atoms with van der Waals surface area (Å²) in [6.45, 7) is 0. The summed E-state index contributed by atoms with van der Waals surface area (Å²) >= 11 is 0. The minimum Gasteiger partial charge on any atom is -0.508 e. The summed E-state index contributed by atoms with van der Waals surface area (Å²) in [6.07, 6.45) is 14.7. The first kappa shape index (κ1) is 13.2. The predicted octanol–water partition coefficient (Wildman–Crippen LogP) is 3.21. The predicted molar refractivity (Wildman–Crippen MR) is 74.3 cm³/mol. The molecular formula is C15H15NO3. The van der Waals surface area contributed by atoms with Crippen LogP contribution in [0.4, 0.5) is 0 Å². The van der Waals surface area contributed by atoms with Crippen molar-refractivity contribution in [2.45, 2.75) is 18.9 Å². The van der Waals surface area contributed by atoms with E-state index in [4.69, 9.17) is 0 Å². The minimum atomic E-state index is -0.400. The van der Waals surface area contributed by atoms with Gasteiger partial charge in [0.15, 0.2) is 0 Å². The molecule has 0 aromatic carbocycles. The first-order valence-electron chi connectivity index (χ1n) is 6.06. The molecule has 4 nitrogen and oxygen atoms in total. The number of nitrogens with zero attached hydrogens (tertiary/aromatic N) is 1. The molecule has 1 unspecified atom stereocenters. The highest BCUT2D eigenvalue weighted by Crippen LogP contribution is 2.19. The second-order valence-corrected chi connectivity index (χ2v) is 4.41. The van der Waals surface area contributed by atoms with Gasteiger partial charge in [-0.3, -0.25) is 0 Å². The molecule has 0 saturated carbocycles. The van der Waals surface area contributed by atoms with Gasteiger partial charge in [-0.25, -0.2) is 0 Å². The van der Waals surface area contributed by atoms with Gasteiger partial charge in [0.05, 0.1) is 6.10 Å². The van der Waals surface area contributed by atoms with Crippen molar-refractivity contribution < 1.29 is 10.2 Å². The van der Waals surface area contributed by atoms with E-state index in [1.54, 1.807) is 18.2 Å². The number of aliphatic hydroxyl groups excluding tert-OH is 2. The molecule has 0 heterocycles. The third kappa shape index (κ3) is 3.89. The van der Waals surface area contributed by atoms with Crippen LogP contribution in [0.2, 0.25) is 0 Å². The van der Waals surface area contributed by atoms with Gasteiger partial charge >= 0.3 is 0 Å². The number of hydrogen-bond acceptors (Lipinski definition) is 4. The van der Waals surface area contributed by atoms with E-state index in [2.05, 4.69) is 5.18 Å². The van der Waals surface area contributed by atoms with E-state index >= 15 is 0 Å². The van der Waals surface area contributed by atoms with Crippen molar-refractivity contribution in [3.63, 3.8) is 0 Å². The number of rotatable bonds is 3. The SMILES string of the molecule is O=NC1=CC(O)=CCC(/C=C/C2=CCC(O)C=C2)=C1. The first-order chi connectivity index (χ1) is 9.17. The Morgan fingerprint density at radius 2 is 2.11 bits per heavy atom. The van der Waals surface area contributed by atoms with E-state index in [-0.39, 0.29) is 11.5 Å². The van der Waals surface area contributed by atoms with Crippen molar-refractivity contribution >= 4 is 0 Å². The van der Waals surface area contributed by atoms with Crippen molar-refractivity contribution in [1.29, 1.82) is 0 Å². The molecule has 0 aromatic rings. The number of allylic oxidation sites excluding steroid dienone is 8. The minimum absolute atomic E-state index is 0.0501. The van der Waals surface area contributed by atoms with Gasteiger partial charge in [0.1, 0.15) is 11.5 Å². The third-order valence-corrected chi connectivity index (χ3v) is 2.88. The van der Waals surface area contributed by atoms with Crippen LogP contribution in [-0.2, 0) is 0 Å². The van der Waals surface area contributed by atoms with E-state index in [0.29, 0.717) is 12.8 Å². The van der Waals surface area contributed by atoms with Crippen LogP contribution < -0.4 is 0 Å². The monoisotopic (exact) mass is 257 g/mol. The molecular weight excluding hydrogens is 242 g/mol. The molecule has 4 heteroatoms. The lowest BCUT2D eigenvalue weighted by Gasteiger charge is -2.07. The molecule has 2 N–H and O–H groups in total. The van der Waals surface area contributed by atoms with Crippen molar-refractivity contribution in [1.82, 2.24) is 0 Å². The summed E-state index contributed by atoms with van der Waals surface area (Å²) in [5.41, 5.74) is 2.10. The van der Waals surface area contributed by atoms with Crippen LogP contribution in [-0.4, -0.2) is 16.3 Å². The van der Waals surface area contributed by atoms with Crippen LogP contribution >= 0.6 is 0 Å². The second-order valence-electron chi connectivity index (χ2n) is 4.41. The fourth-order valence-corrected chi connectivity index (χ4v) is 1.84. The van der Waals surface area contributed by atoms with Gasteiger partial charge in [-0.1, -0.05) is 30.4 Å². The van der Waals surface area contributed by atoms with Gasteiger partial charge in [-0.05, 0) is 41.3 Å². The molecule has 19 heavy (non-hydrogen) atoms. The molecule has 2 aliphatic carbocycles. The summed E-state index contributed by atoms with van der Waals surface area (Å²) in [5, 5.41) is 21.6. The van der Waals surface area contributed by atoms with Crippen molar-refractivity contribution in [2.75, 3.05) is 0 Å². The average molecular weight is 257 g/mol. The summed E-state index contributed by atoms with van der Waals surface area (Å²) < 4.78 is 0. The Bertz CT molecular complexity index is 548. The molecule has 1 atom stereocenters. The highest BCUT2D eigenvalue weighted by Gasteiger charge is 2.05. The maximum absolute atomic E-state index is 10.6. The Morgan fingerprint density at radius 3 is 2.79 bits per heavy atom. The number of hydrogen-bond donors (Lipinski definition) is 2. The maximum Gasteiger partial charge on any atom is 0.114 e. The van der Waals surface area contributed by atoms with Crippen LogP contribution in [0.25, 0.3) is 0 Å². The first-order valence-corrected chi connectivity index (χ1v) is 6.06. The highest BCUT2D eigenvalue weighted by molar-refractivity contribution is 5.42. The lowest BCUT2D eigenvalue weighted by atomic mass is 10.0. The Balaban J connectivity index is 2.11. The van der Waals surface area contributed by atoms with E-state index in [1.165, 1.54) is 6.08 Å². The largest absolute Gasteiger partial charge is 0.508 e. The molecule has 98 valence electrons. The zero-order chi connectivity index (χ0) is 13.7. The van der Waals surface area contributed by atoms with Crippen LogP contribution in [0, 0.1) is 4.91 Å². The van der Waals surface area contributed by atoms with Crippen LogP contribution in [0.15, 0.2) is 76.4 Å². The lowest BCUT2D eigenvalue weighted by molar-refractivity contribution is 0.225. The van der Waals surface area contributed by atoms with Gasteiger partial charge in [-0.15, -0.1) is 4.91 Å². The van der Waals surface area contributed by atoms with E-state index in [1.807, 2.05) is 24.3 Å². The smallest absolute Gasteiger partial charge is 0.114 e. The van der Waals surface area contributed by atoms with Gasteiger partial charge in [-0.2, -0.15) is 0 Å². The topological polar surface area (TPSA) is 69.9 Å². The second kappa shape index (κ2) is 6.11. The molecule has 0 aromatic heterocycles. The zero-order valence-corrected chi connectivity index (χ0v) is 10.4. The maximum atomic E-state index is 10.6. The molecule has 0 radical (unpaired) electrons. The molecule has 2 rings (SSSR count). The van der Waals surface area contributed by atoms with Crippen molar-refractivity contribution in [2.24, 2.45) is 5.18 Å². The third-order valence-electron chi connectivity index (χ3n) is 2.88. The van der Waals surface area contributed by atoms with Gasteiger partial charge < -0.3 is 10.2 Å². The summed E-state index contributed by atoms with van der Waals surface area (Å²) in [7, 11) is 0. The van der Waals surface area contributed by atoms with Crippen LogP contribution in [0.3, 0.4) is 0 Å². The summed E-state index contributed by atoms with van der Waals surface area (Å²) in [4.78, 5) is 10.6. The summed E-state index contributed by atoms with van der Waals surface area (Å²) in [6, 6.07) is 0. The van der Waals surface area contributed by atoms with E-state index in [0.717, 1.165) is 11.1 Å². The molecule has 0 fully saturated rings. The van der Waals surface area contributed by atoms with E-state index in [9.17, 15) is 15.1 Å². The zero-order valence-electron chi connectivity index (χ0n) is 10.4. The quantitative estimate of drug-likeness (QED) is 0.763. The normalized spacial score (nSPS) is 23.3. The average Bonchev–Trinajstić information content (AvgIpc) is 2.60. The molecule has 0 saturated heterocycles. The fourth-order valence-electron chi connectivity index (χ4n) is 1.84. The molecule has 2 aliphatic rings. The van der Waals surface area contributed by atoms with Crippen molar-refractivity contribution in [3.8, 4) is 0 Å². The Labute approximate surface area is 111 Å². The Hall–Kier alpha value is -2.20. The standard InChI is InChI=1S/C15H15NO3/c17-14-6-3-11(4-7-14)1-2-12-5-8-15(18)10-13(9-12)16-19/h1-4,6,8-10,14,17-18H,5,7H2/b2-1+. The fraction of sp³-hybridized carbons (Fsp3) is 0.200.